The first kappa shape index (κ1) is 23.7. The Bertz CT molecular complexity index is 1170. The summed E-state index contributed by atoms with van der Waals surface area (Å²) in [5.41, 5.74) is 0.321. The molecule has 1 saturated carbocycles. The molecule has 0 radical (unpaired) electrons. The van der Waals surface area contributed by atoms with Gasteiger partial charge < -0.3 is 21.1 Å². The van der Waals surface area contributed by atoms with Gasteiger partial charge in [-0.05, 0) is 45.2 Å². The maximum atomic E-state index is 14.1. The van der Waals surface area contributed by atoms with Gasteiger partial charge in [0, 0.05) is 24.5 Å². The van der Waals surface area contributed by atoms with Crippen molar-refractivity contribution in [2.24, 2.45) is 0 Å². The molecule has 3 aromatic heterocycles. The number of nitrogens with one attached hydrogen (secondary N) is 3. The van der Waals surface area contributed by atoms with E-state index in [4.69, 9.17) is 0 Å². The molecule has 3 atom stereocenters. The number of amides is 1. The van der Waals surface area contributed by atoms with Gasteiger partial charge in [-0.2, -0.15) is 0 Å². The van der Waals surface area contributed by atoms with Gasteiger partial charge in [0.15, 0.2) is 0 Å². The SMILES string of the molecule is CC(C)(O)[C@H](F)CNC(=O)c1cnc(Nc2ncc3ncccc3n2)cc1NC1CCC(F)C1. The smallest absolute Gasteiger partial charge is 0.255 e. The zero-order valence-electron chi connectivity index (χ0n) is 18.9. The van der Waals surface area contributed by atoms with Crippen molar-refractivity contribution in [2.75, 3.05) is 17.2 Å². The number of hydrogen-bond donors (Lipinski definition) is 4. The van der Waals surface area contributed by atoms with Crippen LogP contribution in [-0.4, -0.2) is 61.5 Å². The Balaban J connectivity index is 1.56. The molecule has 3 aromatic rings. The average molecular weight is 472 g/mol. The summed E-state index contributed by atoms with van der Waals surface area (Å²) in [4.78, 5) is 29.9. The first-order chi connectivity index (χ1) is 16.2. The van der Waals surface area contributed by atoms with E-state index in [9.17, 15) is 18.7 Å². The van der Waals surface area contributed by atoms with Gasteiger partial charge in [-0.25, -0.2) is 23.7 Å². The Labute approximate surface area is 195 Å². The highest BCUT2D eigenvalue weighted by atomic mass is 19.1. The van der Waals surface area contributed by atoms with Crippen molar-refractivity contribution in [3.8, 4) is 0 Å². The fourth-order valence-electron chi connectivity index (χ4n) is 3.67. The van der Waals surface area contributed by atoms with E-state index in [0.717, 1.165) is 0 Å². The Kier molecular flexibility index (Phi) is 6.82. The van der Waals surface area contributed by atoms with E-state index < -0.39 is 23.9 Å². The van der Waals surface area contributed by atoms with Gasteiger partial charge in [-0.1, -0.05) is 0 Å². The van der Waals surface area contributed by atoms with Gasteiger partial charge in [0.2, 0.25) is 5.95 Å². The third kappa shape index (κ3) is 5.71. The molecule has 11 heteroatoms. The van der Waals surface area contributed by atoms with Crippen LogP contribution in [0.15, 0.2) is 36.8 Å². The second-order valence-corrected chi connectivity index (χ2v) is 8.92. The fourth-order valence-corrected chi connectivity index (χ4v) is 3.67. The van der Waals surface area contributed by atoms with Crippen molar-refractivity contribution >= 4 is 34.4 Å². The molecule has 1 aliphatic rings. The van der Waals surface area contributed by atoms with E-state index in [2.05, 4.69) is 35.9 Å². The number of anilines is 3. The fraction of sp³-hybridized carbons (Fsp3) is 0.435. The number of nitrogens with zero attached hydrogens (tertiary/aromatic N) is 4. The number of halogens is 2. The number of pyridine rings is 2. The highest BCUT2D eigenvalue weighted by Gasteiger charge is 2.28. The summed E-state index contributed by atoms with van der Waals surface area (Å²) < 4.78 is 27.8. The lowest BCUT2D eigenvalue weighted by molar-refractivity contribution is -0.00177. The minimum absolute atomic E-state index is 0.148. The lowest BCUT2D eigenvalue weighted by atomic mass is 10.0. The minimum Gasteiger partial charge on any atom is -0.387 e. The molecular weight excluding hydrogens is 444 g/mol. The molecule has 0 bridgehead atoms. The van der Waals surface area contributed by atoms with E-state index in [-0.39, 0.29) is 18.2 Å². The number of fused-ring (bicyclic) bond motifs is 1. The summed E-state index contributed by atoms with van der Waals surface area (Å²) in [7, 11) is 0. The van der Waals surface area contributed by atoms with E-state index in [1.165, 1.54) is 20.0 Å². The molecule has 1 amide bonds. The monoisotopic (exact) mass is 471 g/mol. The summed E-state index contributed by atoms with van der Waals surface area (Å²) in [6.07, 6.45) is 3.45. The molecule has 4 rings (SSSR count). The summed E-state index contributed by atoms with van der Waals surface area (Å²) in [6.45, 7) is 2.30. The summed E-state index contributed by atoms with van der Waals surface area (Å²) in [5.74, 6) is 0.111. The van der Waals surface area contributed by atoms with E-state index in [1.54, 1.807) is 24.5 Å². The molecule has 9 nitrogen and oxygen atoms in total. The largest absolute Gasteiger partial charge is 0.387 e. The molecule has 2 unspecified atom stereocenters. The predicted octanol–water partition coefficient (Wildman–Crippen LogP) is 3.30. The lowest BCUT2D eigenvalue weighted by Gasteiger charge is -2.23. The molecule has 34 heavy (non-hydrogen) atoms. The highest BCUT2D eigenvalue weighted by molar-refractivity contribution is 5.99. The van der Waals surface area contributed by atoms with E-state index in [0.29, 0.717) is 47.7 Å². The molecule has 4 N–H and O–H groups in total. The molecule has 0 aromatic carbocycles. The van der Waals surface area contributed by atoms with Crippen molar-refractivity contribution in [1.29, 1.82) is 0 Å². The highest BCUT2D eigenvalue weighted by Crippen LogP contribution is 2.28. The van der Waals surface area contributed by atoms with Gasteiger partial charge >= 0.3 is 0 Å². The molecule has 1 fully saturated rings. The van der Waals surface area contributed by atoms with Crippen LogP contribution >= 0.6 is 0 Å². The van der Waals surface area contributed by atoms with Crippen molar-refractivity contribution in [1.82, 2.24) is 25.3 Å². The number of aliphatic hydroxyl groups is 1. The van der Waals surface area contributed by atoms with Gasteiger partial charge in [-0.3, -0.25) is 9.78 Å². The van der Waals surface area contributed by atoms with Crippen LogP contribution in [-0.2, 0) is 0 Å². The van der Waals surface area contributed by atoms with Gasteiger partial charge in [-0.15, -0.1) is 0 Å². The number of rotatable bonds is 8. The van der Waals surface area contributed by atoms with Gasteiger partial charge in [0.05, 0.1) is 35.1 Å². The third-order valence-corrected chi connectivity index (χ3v) is 5.68. The van der Waals surface area contributed by atoms with Crippen molar-refractivity contribution < 1.29 is 18.7 Å². The number of hydrogen-bond acceptors (Lipinski definition) is 8. The summed E-state index contributed by atoms with van der Waals surface area (Å²) in [5, 5.41) is 18.5. The quantitative estimate of drug-likeness (QED) is 0.394. The maximum Gasteiger partial charge on any atom is 0.255 e. The molecule has 0 saturated heterocycles. The van der Waals surface area contributed by atoms with Crippen LogP contribution in [0.2, 0.25) is 0 Å². The number of carbonyl (C=O) groups excluding carboxylic acids is 1. The van der Waals surface area contributed by atoms with Crippen molar-refractivity contribution in [2.45, 2.75) is 57.1 Å². The van der Waals surface area contributed by atoms with Gasteiger partial charge in [0.1, 0.15) is 23.7 Å². The van der Waals surface area contributed by atoms with Crippen LogP contribution < -0.4 is 16.0 Å². The standard InChI is InChI=1S/C23H27F2N7O2/c1-23(2,34)19(25)12-28-21(33)15-10-27-20(9-17(15)30-14-6-5-13(24)8-14)32-22-29-11-18-16(31-22)4-3-7-26-18/h3-4,7,9-11,13-14,19,34H,5-6,8,12H2,1-2H3,(H,28,33)(H2,27,29,30,31,32)/t13?,14?,19-/m1/s1. The molecular formula is C23H27F2N7O2. The molecule has 180 valence electrons. The van der Waals surface area contributed by atoms with Crippen LogP contribution in [0.3, 0.4) is 0 Å². The zero-order valence-corrected chi connectivity index (χ0v) is 18.9. The third-order valence-electron chi connectivity index (χ3n) is 5.68. The summed E-state index contributed by atoms with van der Waals surface area (Å²) >= 11 is 0. The molecule has 0 spiro atoms. The van der Waals surface area contributed by atoms with Crippen LogP contribution in [0.25, 0.3) is 11.0 Å². The van der Waals surface area contributed by atoms with E-state index >= 15 is 0 Å². The molecule has 3 heterocycles. The lowest BCUT2D eigenvalue weighted by Crippen LogP contribution is -2.42. The molecule has 0 aliphatic heterocycles. The number of carbonyl (C=O) groups is 1. The minimum atomic E-state index is -1.65. The van der Waals surface area contributed by atoms with Crippen molar-refractivity contribution in [3.05, 3.63) is 42.4 Å². The Morgan fingerprint density at radius 3 is 2.79 bits per heavy atom. The number of aromatic nitrogens is 4. The summed E-state index contributed by atoms with van der Waals surface area (Å²) in [6, 6.07) is 5.04. The van der Waals surface area contributed by atoms with Crippen molar-refractivity contribution in [3.63, 3.8) is 0 Å². The first-order valence-electron chi connectivity index (χ1n) is 11.1. The zero-order chi connectivity index (χ0) is 24.3. The van der Waals surface area contributed by atoms with Crippen LogP contribution in [0.1, 0.15) is 43.5 Å². The van der Waals surface area contributed by atoms with E-state index in [1.807, 2.05) is 6.07 Å². The van der Waals surface area contributed by atoms with Crippen LogP contribution in [0, 0.1) is 0 Å². The Morgan fingerprint density at radius 1 is 1.24 bits per heavy atom. The number of alkyl halides is 2. The maximum absolute atomic E-state index is 14.1. The second kappa shape index (κ2) is 9.80. The van der Waals surface area contributed by atoms with Crippen LogP contribution in [0.4, 0.5) is 26.2 Å². The molecule has 1 aliphatic carbocycles. The second-order valence-electron chi connectivity index (χ2n) is 8.92. The Morgan fingerprint density at radius 2 is 2.06 bits per heavy atom. The first-order valence-corrected chi connectivity index (χ1v) is 11.1. The average Bonchev–Trinajstić information content (AvgIpc) is 3.21. The predicted molar refractivity (Wildman–Crippen MR) is 125 cm³/mol. The van der Waals surface area contributed by atoms with Crippen LogP contribution in [0.5, 0.6) is 0 Å². The van der Waals surface area contributed by atoms with Gasteiger partial charge in [0.25, 0.3) is 5.91 Å². The Hall–Kier alpha value is -3.47. The topological polar surface area (TPSA) is 125 Å². The normalized spacial score (nSPS) is 19.1.